The van der Waals surface area contributed by atoms with E-state index in [4.69, 9.17) is 10.5 Å². The maximum Gasteiger partial charge on any atom is 0.316 e. The standard InChI is InChI=1S/C36H55N3O3/c1-10-42-30(41)21(2)28(40)36-17-15-31(3,4)20-24(36)23-11-12-26-33(7)19-22-27(38-39-29(22)37)32(5,6)25(33)13-14-35(26,9)34(23,8)16-18-36/h11,21,24-26H,10,12-20H2,1-9H3,(H3,37,38,39)/t21?,24?,25?,26?,33-,34+,35+,36-/m0/s1. The average Bonchev–Trinajstić information content (AvgIpc) is 3.28. The summed E-state index contributed by atoms with van der Waals surface area (Å²) in [6.07, 6.45) is 11.8. The minimum atomic E-state index is -0.709. The molecule has 8 atom stereocenters. The molecule has 6 nitrogen and oxygen atoms in total. The van der Waals surface area contributed by atoms with E-state index in [0.717, 1.165) is 44.9 Å². The molecule has 0 saturated heterocycles. The molecule has 42 heavy (non-hydrogen) atoms. The van der Waals surface area contributed by atoms with Crippen molar-refractivity contribution >= 4 is 17.6 Å². The lowest BCUT2D eigenvalue weighted by Crippen LogP contribution is -2.65. The number of aromatic nitrogens is 2. The molecule has 6 rings (SSSR count). The van der Waals surface area contributed by atoms with Gasteiger partial charge in [0.1, 0.15) is 11.7 Å². The van der Waals surface area contributed by atoms with Gasteiger partial charge in [-0.1, -0.05) is 60.1 Å². The van der Waals surface area contributed by atoms with Crippen molar-refractivity contribution in [2.75, 3.05) is 12.3 Å². The second kappa shape index (κ2) is 9.20. The van der Waals surface area contributed by atoms with E-state index in [9.17, 15) is 9.59 Å². The number of ether oxygens (including phenoxy) is 1. The second-order valence-electron chi connectivity index (χ2n) is 17.1. The van der Waals surface area contributed by atoms with Crippen molar-refractivity contribution in [3.63, 3.8) is 0 Å². The van der Waals surface area contributed by atoms with Gasteiger partial charge in [0.25, 0.3) is 0 Å². The van der Waals surface area contributed by atoms with Crippen molar-refractivity contribution in [1.82, 2.24) is 10.2 Å². The minimum absolute atomic E-state index is 0.00997. The monoisotopic (exact) mass is 577 g/mol. The number of anilines is 1. The summed E-state index contributed by atoms with van der Waals surface area (Å²) >= 11 is 0. The maximum absolute atomic E-state index is 14.4. The van der Waals surface area contributed by atoms with Crippen LogP contribution in [0, 0.1) is 50.7 Å². The molecule has 1 aromatic heterocycles. The number of Topliss-reactive ketones (excluding diaryl/α,β-unsaturated/α-hetero) is 1. The molecule has 3 fully saturated rings. The summed E-state index contributed by atoms with van der Waals surface area (Å²) in [4.78, 5) is 27.3. The summed E-state index contributed by atoms with van der Waals surface area (Å²) in [7, 11) is 0. The largest absolute Gasteiger partial charge is 0.465 e. The van der Waals surface area contributed by atoms with E-state index < -0.39 is 11.3 Å². The van der Waals surface area contributed by atoms with Crippen LogP contribution in [0.3, 0.4) is 0 Å². The van der Waals surface area contributed by atoms with E-state index in [2.05, 4.69) is 64.7 Å². The number of hydrogen-bond donors (Lipinski definition) is 2. The fraction of sp³-hybridized carbons (Fsp3) is 0.806. The van der Waals surface area contributed by atoms with Crippen molar-refractivity contribution in [1.29, 1.82) is 0 Å². The van der Waals surface area contributed by atoms with E-state index in [1.165, 1.54) is 29.7 Å². The highest BCUT2D eigenvalue weighted by atomic mass is 16.5. The number of esters is 1. The number of nitrogens with zero attached hydrogens (tertiary/aromatic N) is 1. The molecule has 0 aliphatic heterocycles. The van der Waals surface area contributed by atoms with Gasteiger partial charge in [0.2, 0.25) is 0 Å². The zero-order chi connectivity index (χ0) is 30.7. The van der Waals surface area contributed by atoms with Crippen molar-refractivity contribution in [3.8, 4) is 0 Å². The molecule has 3 N–H and O–H groups in total. The molecular formula is C36H55N3O3. The van der Waals surface area contributed by atoms with Crippen LogP contribution < -0.4 is 5.73 Å². The zero-order valence-electron chi connectivity index (χ0n) is 27.7. The van der Waals surface area contributed by atoms with Crippen LogP contribution in [0.1, 0.15) is 125 Å². The molecule has 4 unspecified atom stereocenters. The lowest BCUT2D eigenvalue weighted by atomic mass is 9.33. The Bertz CT molecular complexity index is 1340. The van der Waals surface area contributed by atoms with Crippen LogP contribution in [0.15, 0.2) is 11.6 Å². The van der Waals surface area contributed by atoms with Crippen LogP contribution in [0.5, 0.6) is 0 Å². The number of carbonyl (C=O) groups excluding carboxylic acids is 2. The highest BCUT2D eigenvalue weighted by Crippen LogP contribution is 2.75. The lowest BCUT2D eigenvalue weighted by molar-refractivity contribution is -0.171. The fourth-order valence-electron chi connectivity index (χ4n) is 11.9. The number of nitrogens with two attached hydrogens (primary N) is 1. The van der Waals surface area contributed by atoms with Crippen molar-refractivity contribution in [2.24, 2.45) is 50.7 Å². The number of hydrogen-bond acceptors (Lipinski definition) is 5. The highest BCUT2D eigenvalue weighted by Gasteiger charge is 2.69. The third-order valence-electron chi connectivity index (χ3n) is 14.4. The summed E-state index contributed by atoms with van der Waals surface area (Å²) in [5.41, 5.74) is 10.4. The van der Waals surface area contributed by atoms with E-state index in [1.807, 2.05) is 6.92 Å². The first-order chi connectivity index (χ1) is 19.5. The number of nitrogens with one attached hydrogen (secondary N) is 1. The SMILES string of the molecule is CCOC(=O)C(C)C(=O)[C@]12CCC(C)(C)CC1C1=CCC3[C@@]4(C)Cc5c(N)n[nH]c5C(C)(C)C4CC[C@@]3(C)[C@]1(C)CC2. The molecule has 5 aliphatic rings. The molecule has 3 saturated carbocycles. The predicted molar refractivity (Wildman–Crippen MR) is 167 cm³/mol. The van der Waals surface area contributed by atoms with Crippen molar-refractivity contribution < 1.29 is 14.3 Å². The molecule has 0 amide bonds. The van der Waals surface area contributed by atoms with Crippen LogP contribution in [0.4, 0.5) is 5.82 Å². The van der Waals surface area contributed by atoms with Crippen LogP contribution in [0.25, 0.3) is 0 Å². The van der Waals surface area contributed by atoms with Crippen molar-refractivity contribution in [2.45, 2.75) is 126 Å². The van der Waals surface area contributed by atoms with Gasteiger partial charge in [-0.2, -0.15) is 5.10 Å². The fourth-order valence-corrected chi connectivity index (χ4v) is 11.9. The highest BCUT2D eigenvalue weighted by molar-refractivity contribution is 6.02. The second-order valence-corrected chi connectivity index (χ2v) is 17.1. The van der Waals surface area contributed by atoms with Crippen LogP contribution >= 0.6 is 0 Å². The number of fused-ring (bicyclic) bond motifs is 8. The first-order valence-electron chi connectivity index (χ1n) is 16.7. The van der Waals surface area contributed by atoms with Crippen LogP contribution in [0.2, 0.25) is 0 Å². The summed E-state index contributed by atoms with van der Waals surface area (Å²) in [5, 5.41) is 7.81. The number of nitrogen functional groups attached to an aromatic ring is 1. The van der Waals surface area contributed by atoms with Gasteiger partial charge in [-0.05, 0) is 111 Å². The van der Waals surface area contributed by atoms with Gasteiger partial charge >= 0.3 is 5.97 Å². The van der Waals surface area contributed by atoms with Gasteiger partial charge in [0, 0.05) is 22.1 Å². The molecule has 6 heteroatoms. The van der Waals surface area contributed by atoms with Gasteiger partial charge in [0.05, 0.1) is 6.61 Å². The van der Waals surface area contributed by atoms with Gasteiger partial charge < -0.3 is 10.5 Å². The summed E-state index contributed by atoms with van der Waals surface area (Å²) < 4.78 is 5.36. The number of allylic oxidation sites excluding steroid dienone is 2. The molecule has 0 bridgehead atoms. The summed E-state index contributed by atoms with van der Waals surface area (Å²) in [6, 6.07) is 0. The molecule has 0 aromatic carbocycles. The van der Waals surface area contributed by atoms with Gasteiger partial charge in [-0.25, -0.2) is 0 Å². The van der Waals surface area contributed by atoms with Gasteiger partial charge in [0.15, 0.2) is 5.78 Å². The molecule has 232 valence electrons. The molecule has 1 heterocycles. The molecule has 5 aliphatic carbocycles. The third kappa shape index (κ3) is 3.71. The topological polar surface area (TPSA) is 98.1 Å². The van der Waals surface area contributed by atoms with Crippen LogP contribution in [-0.4, -0.2) is 28.6 Å². The average molecular weight is 578 g/mol. The Morgan fingerprint density at radius 1 is 1.05 bits per heavy atom. The normalized spacial score (nSPS) is 42.0. The Balaban J connectivity index is 1.44. The molecule has 0 spiro atoms. The maximum atomic E-state index is 14.4. The number of ketones is 1. The number of H-pyrrole nitrogens is 1. The Morgan fingerprint density at radius 3 is 2.43 bits per heavy atom. The van der Waals surface area contributed by atoms with E-state index in [0.29, 0.717) is 24.3 Å². The Hall–Kier alpha value is -2.11. The first-order valence-corrected chi connectivity index (χ1v) is 16.7. The van der Waals surface area contributed by atoms with E-state index >= 15 is 0 Å². The molecule has 1 aromatic rings. The Labute approximate surface area is 253 Å². The quantitative estimate of drug-likeness (QED) is 0.218. The predicted octanol–water partition coefficient (Wildman–Crippen LogP) is 7.58. The lowest BCUT2D eigenvalue weighted by Gasteiger charge is -2.70. The van der Waals surface area contributed by atoms with Gasteiger partial charge in [-0.15, -0.1) is 0 Å². The van der Waals surface area contributed by atoms with Crippen molar-refractivity contribution in [3.05, 3.63) is 22.9 Å². The van der Waals surface area contributed by atoms with Gasteiger partial charge in [-0.3, -0.25) is 14.7 Å². The smallest absolute Gasteiger partial charge is 0.316 e. The number of aromatic amines is 1. The number of rotatable bonds is 4. The minimum Gasteiger partial charge on any atom is -0.465 e. The summed E-state index contributed by atoms with van der Waals surface area (Å²) in [6.45, 7) is 21.2. The Kier molecular flexibility index (Phi) is 6.56. The zero-order valence-corrected chi connectivity index (χ0v) is 27.7. The van der Waals surface area contributed by atoms with E-state index in [-0.39, 0.29) is 44.7 Å². The molecule has 0 radical (unpaired) electrons. The first kappa shape index (κ1) is 29.9. The van der Waals surface area contributed by atoms with E-state index in [1.54, 1.807) is 6.92 Å². The summed E-state index contributed by atoms with van der Waals surface area (Å²) in [5.74, 6) is 0.997. The Morgan fingerprint density at radius 2 is 1.74 bits per heavy atom. The number of carbonyl (C=O) groups is 2. The third-order valence-corrected chi connectivity index (χ3v) is 14.4. The van der Waals surface area contributed by atoms with Crippen LogP contribution in [-0.2, 0) is 26.2 Å². The molecular weight excluding hydrogens is 522 g/mol.